The molecule has 5 nitrogen and oxygen atoms in total. The maximum Gasteiger partial charge on any atom is 0.260 e. The van der Waals surface area contributed by atoms with E-state index in [2.05, 4.69) is 0 Å². The minimum absolute atomic E-state index is 0.00702. The zero-order valence-electron chi connectivity index (χ0n) is 14.6. The Kier molecular flexibility index (Phi) is 5.35. The van der Waals surface area contributed by atoms with Gasteiger partial charge in [0.05, 0.1) is 0 Å². The van der Waals surface area contributed by atoms with E-state index < -0.39 is 22.6 Å². The number of rotatable bonds is 4. The molecule has 0 spiro atoms. The molecule has 1 aromatic rings. The van der Waals surface area contributed by atoms with Gasteiger partial charge in [-0.15, -0.1) is 0 Å². The molecule has 0 aliphatic carbocycles. The number of phenolic OH excluding ortho intramolecular Hbond substituents is 1. The predicted octanol–water partition coefficient (Wildman–Crippen LogP) is 3.02. The molecule has 0 saturated heterocycles. The van der Waals surface area contributed by atoms with E-state index >= 15 is 0 Å². The van der Waals surface area contributed by atoms with Gasteiger partial charge in [0.15, 0.2) is 0 Å². The number of carbonyl (C=O) groups is 3. The topological polar surface area (TPSA) is 74.7 Å². The Morgan fingerprint density at radius 2 is 1.65 bits per heavy atom. The SMILES string of the molecule is CC(=O)N(CC(C)(C)C(=O)C(C)(C)C)C(=O)c1cccc(O)c1. The summed E-state index contributed by atoms with van der Waals surface area (Å²) in [5, 5.41) is 9.50. The third kappa shape index (κ3) is 4.65. The van der Waals surface area contributed by atoms with E-state index in [1.807, 2.05) is 20.8 Å². The smallest absolute Gasteiger partial charge is 0.260 e. The van der Waals surface area contributed by atoms with Gasteiger partial charge in [0.2, 0.25) is 5.91 Å². The zero-order chi connectivity index (χ0) is 18.0. The molecule has 0 radical (unpaired) electrons. The normalized spacial score (nSPS) is 11.9. The summed E-state index contributed by atoms with van der Waals surface area (Å²) in [5.41, 5.74) is -1.23. The average Bonchev–Trinajstić information content (AvgIpc) is 2.42. The van der Waals surface area contributed by atoms with Gasteiger partial charge < -0.3 is 5.11 Å². The highest BCUT2D eigenvalue weighted by Gasteiger charge is 2.39. The molecule has 0 heterocycles. The van der Waals surface area contributed by atoms with Gasteiger partial charge in [0.25, 0.3) is 5.91 Å². The van der Waals surface area contributed by atoms with Crippen molar-refractivity contribution >= 4 is 17.6 Å². The molecule has 5 heteroatoms. The van der Waals surface area contributed by atoms with Gasteiger partial charge in [-0.1, -0.05) is 40.7 Å². The molecule has 126 valence electrons. The maximum absolute atomic E-state index is 12.6. The van der Waals surface area contributed by atoms with Crippen molar-refractivity contribution in [3.63, 3.8) is 0 Å². The van der Waals surface area contributed by atoms with Crippen molar-refractivity contribution < 1.29 is 19.5 Å². The highest BCUT2D eigenvalue weighted by Crippen LogP contribution is 2.30. The fraction of sp³-hybridized carbons (Fsp3) is 0.500. The van der Waals surface area contributed by atoms with Crippen LogP contribution in [-0.4, -0.2) is 34.1 Å². The Morgan fingerprint density at radius 3 is 2.09 bits per heavy atom. The molecule has 0 aromatic heterocycles. The van der Waals surface area contributed by atoms with E-state index in [0.717, 1.165) is 4.90 Å². The lowest BCUT2D eigenvalue weighted by molar-refractivity contribution is -0.137. The number of Topliss-reactive ketones (excluding diaryl/α,β-unsaturated/α-hetero) is 1. The molecule has 0 aliphatic rings. The number of carbonyl (C=O) groups excluding carboxylic acids is 3. The standard InChI is InChI=1S/C18H25NO4/c1-12(20)19(11-18(5,6)16(23)17(2,3)4)15(22)13-8-7-9-14(21)10-13/h7-10,21H,11H2,1-6H3. The van der Waals surface area contributed by atoms with E-state index in [1.165, 1.54) is 31.2 Å². The molecule has 0 aliphatic heterocycles. The van der Waals surface area contributed by atoms with Crippen LogP contribution in [0.4, 0.5) is 0 Å². The van der Waals surface area contributed by atoms with Crippen LogP contribution < -0.4 is 0 Å². The van der Waals surface area contributed by atoms with Crippen LogP contribution in [0.2, 0.25) is 0 Å². The fourth-order valence-electron chi connectivity index (χ4n) is 2.60. The number of benzene rings is 1. The van der Waals surface area contributed by atoms with Crippen LogP contribution in [0.5, 0.6) is 5.75 Å². The third-order valence-electron chi connectivity index (χ3n) is 3.57. The van der Waals surface area contributed by atoms with E-state index in [4.69, 9.17) is 0 Å². The van der Waals surface area contributed by atoms with Gasteiger partial charge in [0, 0.05) is 29.9 Å². The first kappa shape index (κ1) is 18.9. The molecule has 0 atom stereocenters. The first-order valence-corrected chi connectivity index (χ1v) is 7.52. The molecule has 23 heavy (non-hydrogen) atoms. The first-order valence-electron chi connectivity index (χ1n) is 7.52. The van der Waals surface area contributed by atoms with Crippen molar-refractivity contribution in [2.45, 2.75) is 41.5 Å². The Labute approximate surface area is 137 Å². The van der Waals surface area contributed by atoms with E-state index in [9.17, 15) is 19.5 Å². The summed E-state index contributed by atoms with van der Waals surface area (Å²) in [6, 6.07) is 5.81. The Bertz CT molecular complexity index is 626. The van der Waals surface area contributed by atoms with E-state index in [1.54, 1.807) is 13.8 Å². The number of ketones is 1. The van der Waals surface area contributed by atoms with Crippen LogP contribution in [0.3, 0.4) is 0 Å². The zero-order valence-corrected chi connectivity index (χ0v) is 14.6. The van der Waals surface area contributed by atoms with Gasteiger partial charge in [-0.3, -0.25) is 19.3 Å². The highest BCUT2D eigenvalue weighted by molar-refractivity contribution is 6.04. The summed E-state index contributed by atoms with van der Waals surface area (Å²) in [6.45, 7) is 10.2. The Balaban J connectivity index is 3.11. The van der Waals surface area contributed by atoms with Crippen molar-refractivity contribution in [1.29, 1.82) is 0 Å². The maximum atomic E-state index is 12.6. The van der Waals surface area contributed by atoms with Gasteiger partial charge >= 0.3 is 0 Å². The molecular weight excluding hydrogens is 294 g/mol. The van der Waals surface area contributed by atoms with Crippen LogP contribution in [0.15, 0.2) is 24.3 Å². The number of phenols is 1. The van der Waals surface area contributed by atoms with Crippen LogP contribution in [-0.2, 0) is 9.59 Å². The van der Waals surface area contributed by atoms with E-state index in [0.29, 0.717) is 0 Å². The van der Waals surface area contributed by atoms with Gasteiger partial charge in [-0.05, 0) is 18.2 Å². The minimum atomic E-state index is -0.865. The van der Waals surface area contributed by atoms with Crippen molar-refractivity contribution in [3.8, 4) is 5.75 Å². The van der Waals surface area contributed by atoms with Gasteiger partial charge in [-0.2, -0.15) is 0 Å². The predicted molar refractivity (Wildman–Crippen MR) is 88.1 cm³/mol. The highest BCUT2D eigenvalue weighted by atomic mass is 16.3. The number of hydrogen-bond acceptors (Lipinski definition) is 4. The second kappa shape index (κ2) is 6.52. The summed E-state index contributed by atoms with van der Waals surface area (Å²) in [6.07, 6.45) is 0. The lowest BCUT2D eigenvalue weighted by Crippen LogP contribution is -2.47. The summed E-state index contributed by atoms with van der Waals surface area (Å²) in [4.78, 5) is 38.1. The van der Waals surface area contributed by atoms with Gasteiger partial charge in [-0.25, -0.2) is 0 Å². The van der Waals surface area contributed by atoms with Crippen molar-refractivity contribution in [2.75, 3.05) is 6.54 Å². The largest absolute Gasteiger partial charge is 0.508 e. The number of nitrogens with zero attached hydrogens (tertiary/aromatic N) is 1. The van der Waals surface area contributed by atoms with Crippen molar-refractivity contribution in [1.82, 2.24) is 4.90 Å². The lowest BCUT2D eigenvalue weighted by Gasteiger charge is -2.34. The van der Waals surface area contributed by atoms with Crippen LogP contribution in [0.1, 0.15) is 51.9 Å². The Hall–Kier alpha value is -2.17. The molecule has 0 bridgehead atoms. The van der Waals surface area contributed by atoms with Crippen molar-refractivity contribution in [3.05, 3.63) is 29.8 Å². The van der Waals surface area contributed by atoms with E-state index in [-0.39, 0.29) is 23.6 Å². The monoisotopic (exact) mass is 319 g/mol. The summed E-state index contributed by atoms with van der Waals surface area (Å²) < 4.78 is 0. The van der Waals surface area contributed by atoms with Gasteiger partial charge in [0.1, 0.15) is 11.5 Å². The minimum Gasteiger partial charge on any atom is -0.508 e. The quantitative estimate of drug-likeness (QED) is 0.925. The third-order valence-corrected chi connectivity index (χ3v) is 3.57. The molecule has 1 rings (SSSR count). The summed E-state index contributed by atoms with van der Waals surface area (Å²) in [5.74, 6) is -1.04. The number of hydrogen-bond donors (Lipinski definition) is 1. The second-order valence-electron chi connectivity index (χ2n) is 7.42. The molecular formula is C18H25NO4. The second-order valence-corrected chi connectivity index (χ2v) is 7.42. The molecule has 0 unspecified atom stereocenters. The average molecular weight is 319 g/mol. The number of aromatic hydroxyl groups is 1. The van der Waals surface area contributed by atoms with Crippen LogP contribution >= 0.6 is 0 Å². The summed E-state index contributed by atoms with van der Waals surface area (Å²) in [7, 11) is 0. The number of imide groups is 1. The molecule has 1 aromatic carbocycles. The molecule has 1 N–H and O–H groups in total. The fourth-order valence-corrected chi connectivity index (χ4v) is 2.60. The van der Waals surface area contributed by atoms with Crippen LogP contribution in [0, 0.1) is 10.8 Å². The van der Waals surface area contributed by atoms with Crippen LogP contribution in [0.25, 0.3) is 0 Å². The first-order chi connectivity index (χ1) is 10.4. The number of amides is 2. The summed E-state index contributed by atoms with van der Waals surface area (Å²) >= 11 is 0. The van der Waals surface area contributed by atoms with Crippen molar-refractivity contribution in [2.24, 2.45) is 10.8 Å². The lowest BCUT2D eigenvalue weighted by atomic mass is 9.74. The molecule has 0 fully saturated rings. The molecule has 0 saturated carbocycles. The molecule has 2 amide bonds. The Morgan fingerprint density at radius 1 is 1.09 bits per heavy atom.